The molecule has 1 aromatic carbocycles. The third-order valence-corrected chi connectivity index (χ3v) is 4.14. The molecule has 0 fully saturated rings. The molecule has 0 saturated carbocycles. The fraction of sp³-hybridized carbons (Fsp3) is 0.286. The van der Waals surface area contributed by atoms with Gasteiger partial charge in [-0.15, -0.1) is 24.0 Å². The van der Waals surface area contributed by atoms with E-state index in [9.17, 15) is 4.39 Å². The van der Waals surface area contributed by atoms with Crippen LogP contribution in [0, 0.1) is 5.82 Å². The molecule has 7 nitrogen and oxygen atoms in total. The lowest BCUT2D eigenvalue weighted by Gasteiger charge is -2.12. The van der Waals surface area contributed by atoms with Crippen LogP contribution in [0.1, 0.15) is 36.8 Å². The van der Waals surface area contributed by atoms with E-state index < -0.39 is 5.82 Å². The molecular formula is C21H25FIN5O2. The fourth-order valence-electron chi connectivity index (χ4n) is 2.53. The van der Waals surface area contributed by atoms with Crippen molar-refractivity contribution in [1.29, 1.82) is 0 Å². The summed E-state index contributed by atoms with van der Waals surface area (Å²) in [5, 5.41) is 10.3. The molecule has 2 aromatic heterocycles. The maximum Gasteiger partial charge on any atom is 0.191 e. The largest absolute Gasteiger partial charge is 0.453 e. The van der Waals surface area contributed by atoms with Gasteiger partial charge in [0, 0.05) is 25.9 Å². The molecule has 0 spiro atoms. The summed E-state index contributed by atoms with van der Waals surface area (Å²) in [7, 11) is 1.67. The lowest BCUT2D eigenvalue weighted by molar-refractivity contribution is 0.372. The molecule has 3 rings (SSSR count). The van der Waals surface area contributed by atoms with Gasteiger partial charge in [-0.05, 0) is 35.7 Å². The summed E-state index contributed by atoms with van der Waals surface area (Å²) >= 11 is 0. The number of hydrogen-bond donors (Lipinski definition) is 2. The number of ether oxygens (including phenoxy) is 1. The predicted molar refractivity (Wildman–Crippen MR) is 124 cm³/mol. The molecule has 30 heavy (non-hydrogen) atoms. The number of halogens is 2. The predicted octanol–water partition coefficient (Wildman–Crippen LogP) is 4.61. The van der Waals surface area contributed by atoms with E-state index in [4.69, 9.17) is 9.26 Å². The number of pyridine rings is 1. The Bertz CT molecular complexity index is 963. The highest BCUT2D eigenvalue weighted by molar-refractivity contribution is 14.0. The molecule has 0 aliphatic rings. The molecule has 9 heteroatoms. The van der Waals surface area contributed by atoms with Crippen LogP contribution in [0.4, 0.5) is 4.39 Å². The zero-order valence-corrected chi connectivity index (χ0v) is 19.4. The van der Waals surface area contributed by atoms with Crippen LogP contribution in [0.5, 0.6) is 11.5 Å². The van der Waals surface area contributed by atoms with E-state index in [1.165, 1.54) is 12.3 Å². The number of nitrogens with zero attached hydrogens (tertiary/aromatic N) is 3. The number of benzene rings is 1. The van der Waals surface area contributed by atoms with E-state index in [-0.39, 0.29) is 29.7 Å². The summed E-state index contributed by atoms with van der Waals surface area (Å²) in [4.78, 5) is 8.11. The van der Waals surface area contributed by atoms with Gasteiger partial charge in [0.15, 0.2) is 23.3 Å². The van der Waals surface area contributed by atoms with Crippen LogP contribution in [-0.2, 0) is 13.1 Å². The summed E-state index contributed by atoms with van der Waals surface area (Å²) in [5.41, 5.74) is 1.67. The van der Waals surface area contributed by atoms with Crippen LogP contribution in [0.2, 0.25) is 0 Å². The molecule has 0 aliphatic heterocycles. The molecule has 0 radical (unpaired) electrons. The highest BCUT2D eigenvalue weighted by Gasteiger charge is 2.09. The third kappa shape index (κ3) is 6.68. The fourth-order valence-corrected chi connectivity index (χ4v) is 2.53. The first-order valence-corrected chi connectivity index (χ1v) is 9.31. The summed E-state index contributed by atoms with van der Waals surface area (Å²) in [6.45, 7) is 4.96. The maximum absolute atomic E-state index is 14.3. The number of hydrogen-bond acceptors (Lipinski definition) is 5. The van der Waals surface area contributed by atoms with E-state index in [1.807, 2.05) is 6.07 Å². The highest BCUT2D eigenvalue weighted by Crippen LogP contribution is 2.24. The minimum Gasteiger partial charge on any atom is -0.453 e. The van der Waals surface area contributed by atoms with E-state index in [1.54, 1.807) is 37.5 Å². The van der Waals surface area contributed by atoms with E-state index >= 15 is 0 Å². The molecule has 0 atom stereocenters. The number of aliphatic imine (C=N–C) groups is 1. The van der Waals surface area contributed by atoms with Crippen molar-refractivity contribution in [2.24, 2.45) is 4.99 Å². The van der Waals surface area contributed by atoms with Gasteiger partial charge in [-0.1, -0.05) is 25.1 Å². The second-order valence-electron chi connectivity index (χ2n) is 6.71. The van der Waals surface area contributed by atoms with Crippen LogP contribution < -0.4 is 15.4 Å². The number of rotatable bonds is 7. The zero-order chi connectivity index (χ0) is 20.6. The van der Waals surface area contributed by atoms with Gasteiger partial charge in [0.05, 0.1) is 18.4 Å². The van der Waals surface area contributed by atoms with E-state index in [2.05, 4.69) is 39.6 Å². The second-order valence-corrected chi connectivity index (χ2v) is 6.71. The zero-order valence-electron chi connectivity index (χ0n) is 17.1. The number of aromatic nitrogens is 2. The van der Waals surface area contributed by atoms with Crippen molar-refractivity contribution in [3.05, 3.63) is 71.6 Å². The van der Waals surface area contributed by atoms with Gasteiger partial charge in [-0.3, -0.25) is 9.98 Å². The summed E-state index contributed by atoms with van der Waals surface area (Å²) in [6, 6.07) is 10.2. The van der Waals surface area contributed by atoms with Crippen molar-refractivity contribution in [1.82, 2.24) is 20.8 Å². The first kappa shape index (κ1) is 23.6. The van der Waals surface area contributed by atoms with Crippen LogP contribution >= 0.6 is 24.0 Å². The Hall–Kier alpha value is -2.69. The van der Waals surface area contributed by atoms with Crippen molar-refractivity contribution in [2.45, 2.75) is 32.9 Å². The average molecular weight is 525 g/mol. The minimum absolute atomic E-state index is 0. The van der Waals surface area contributed by atoms with Crippen molar-refractivity contribution < 1.29 is 13.7 Å². The molecule has 160 valence electrons. The highest BCUT2D eigenvalue weighted by atomic mass is 127. The van der Waals surface area contributed by atoms with Crippen LogP contribution in [-0.4, -0.2) is 23.1 Å². The standard InChI is InChI=1S/C21H24FN5O2.HI/c1-14(2)19-10-17(29-27-19)13-26-21(23-3)25-11-15-6-7-20(18(22)9-15)28-16-5-4-8-24-12-16;/h4-10,12,14H,11,13H2,1-3H3,(H2,23,25,26);1H. The van der Waals surface area contributed by atoms with E-state index in [0.29, 0.717) is 30.7 Å². The topological polar surface area (TPSA) is 84.6 Å². The van der Waals surface area contributed by atoms with Gasteiger partial charge in [0.2, 0.25) is 0 Å². The van der Waals surface area contributed by atoms with Gasteiger partial charge < -0.3 is 19.9 Å². The lowest BCUT2D eigenvalue weighted by atomic mass is 10.1. The Morgan fingerprint density at radius 3 is 2.63 bits per heavy atom. The first-order valence-electron chi connectivity index (χ1n) is 9.31. The third-order valence-electron chi connectivity index (χ3n) is 4.14. The van der Waals surface area contributed by atoms with Crippen molar-refractivity contribution in [3.63, 3.8) is 0 Å². The first-order chi connectivity index (χ1) is 14.0. The molecule has 2 N–H and O–H groups in total. The quantitative estimate of drug-likeness (QED) is 0.267. The molecule has 0 saturated heterocycles. The summed E-state index contributed by atoms with van der Waals surface area (Å²) < 4.78 is 25.1. The van der Waals surface area contributed by atoms with Crippen molar-refractivity contribution >= 4 is 29.9 Å². The Morgan fingerprint density at radius 2 is 2.00 bits per heavy atom. The number of guanidine groups is 1. The molecule has 2 heterocycles. The Kier molecular flexibility index (Phi) is 9.03. The average Bonchev–Trinajstić information content (AvgIpc) is 3.20. The molecule has 0 amide bonds. The lowest BCUT2D eigenvalue weighted by Crippen LogP contribution is -2.36. The monoisotopic (exact) mass is 525 g/mol. The van der Waals surface area contributed by atoms with Crippen molar-refractivity contribution in [3.8, 4) is 11.5 Å². The van der Waals surface area contributed by atoms with Gasteiger partial charge in [-0.2, -0.15) is 0 Å². The Morgan fingerprint density at radius 1 is 1.20 bits per heavy atom. The summed E-state index contributed by atoms with van der Waals surface area (Å²) in [6.07, 6.45) is 3.16. The molecular weight excluding hydrogens is 500 g/mol. The molecule has 0 aliphatic carbocycles. The molecule has 3 aromatic rings. The van der Waals surface area contributed by atoms with Gasteiger partial charge in [-0.25, -0.2) is 4.39 Å². The van der Waals surface area contributed by atoms with Crippen LogP contribution in [0.15, 0.2) is 58.3 Å². The Balaban J connectivity index is 0.00000320. The van der Waals surface area contributed by atoms with Crippen LogP contribution in [0.25, 0.3) is 0 Å². The SMILES string of the molecule is CN=C(NCc1ccc(Oc2cccnc2)c(F)c1)NCc1cc(C(C)C)no1.I. The van der Waals surface area contributed by atoms with Crippen LogP contribution in [0.3, 0.4) is 0 Å². The van der Waals surface area contributed by atoms with Gasteiger partial charge in [0.1, 0.15) is 5.75 Å². The van der Waals surface area contributed by atoms with Gasteiger partial charge >= 0.3 is 0 Å². The smallest absolute Gasteiger partial charge is 0.191 e. The van der Waals surface area contributed by atoms with E-state index in [0.717, 1.165) is 17.0 Å². The molecule has 0 unspecified atom stereocenters. The minimum atomic E-state index is -0.445. The summed E-state index contributed by atoms with van der Waals surface area (Å²) in [5.74, 6) is 1.79. The van der Waals surface area contributed by atoms with Gasteiger partial charge in [0.25, 0.3) is 0 Å². The maximum atomic E-state index is 14.3. The second kappa shape index (κ2) is 11.5. The Labute approximate surface area is 192 Å². The molecule has 0 bridgehead atoms. The normalized spacial score (nSPS) is 11.2. The van der Waals surface area contributed by atoms with Crippen molar-refractivity contribution in [2.75, 3.05) is 7.05 Å². The number of nitrogens with one attached hydrogen (secondary N) is 2.